The van der Waals surface area contributed by atoms with E-state index in [1.54, 1.807) is 6.92 Å². The van der Waals surface area contributed by atoms with E-state index in [1.165, 1.54) is 6.92 Å². The molecule has 0 aromatic heterocycles. The lowest BCUT2D eigenvalue weighted by molar-refractivity contribution is -0.117. The lowest BCUT2D eigenvalue weighted by atomic mass is 10.3. The fraction of sp³-hybridized carbons (Fsp3) is 0.556. The molecule has 0 fully saturated rings. The third-order valence-electron chi connectivity index (χ3n) is 0.923. The molecule has 0 aliphatic carbocycles. The summed E-state index contributed by atoms with van der Waals surface area (Å²) in [5.74, 6) is -0.378. The van der Waals surface area contributed by atoms with Crippen LogP contribution in [0.15, 0.2) is 12.2 Å². The molecule has 0 saturated carbocycles. The fourth-order valence-electron chi connectivity index (χ4n) is 0.389. The van der Waals surface area contributed by atoms with E-state index in [9.17, 15) is 9.59 Å². The molecule has 0 radical (unpaired) electrons. The normalized spacial score (nSPS) is 7.92. The van der Waals surface area contributed by atoms with Gasteiger partial charge in [0.2, 0.25) is 11.8 Å². The first kappa shape index (κ1) is 14.2. The number of amides is 2. The third kappa shape index (κ3) is 18.0. The van der Waals surface area contributed by atoms with E-state index < -0.39 is 0 Å². The highest BCUT2D eigenvalue weighted by Crippen LogP contribution is 1.84. The smallest absolute Gasteiger partial charge is 0.246 e. The predicted octanol–water partition coefficient (Wildman–Crippen LogP) is 0.580. The molecule has 0 unspecified atom stereocenters. The van der Waals surface area contributed by atoms with E-state index in [-0.39, 0.29) is 11.8 Å². The second-order valence-electron chi connectivity index (χ2n) is 2.65. The largest absolute Gasteiger partial charge is 0.370 e. The van der Waals surface area contributed by atoms with Gasteiger partial charge in [-0.15, -0.1) is 0 Å². The molecule has 4 nitrogen and oxygen atoms in total. The van der Waals surface area contributed by atoms with Gasteiger partial charge < -0.3 is 11.1 Å². The maximum Gasteiger partial charge on any atom is 0.246 e. The van der Waals surface area contributed by atoms with Gasteiger partial charge in [0.05, 0.1) is 0 Å². The zero-order valence-corrected chi connectivity index (χ0v) is 8.52. The van der Waals surface area contributed by atoms with Crippen LogP contribution in [0.1, 0.15) is 27.2 Å². The highest BCUT2D eigenvalue weighted by atomic mass is 16.1. The summed E-state index contributed by atoms with van der Waals surface area (Å²) in [6.45, 7) is 9.26. The first-order chi connectivity index (χ1) is 5.91. The molecule has 4 heteroatoms. The Hall–Kier alpha value is -1.32. The summed E-state index contributed by atoms with van der Waals surface area (Å²) in [5, 5.41) is 2.69. The van der Waals surface area contributed by atoms with Crippen LogP contribution in [0.2, 0.25) is 0 Å². The van der Waals surface area contributed by atoms with Crippen LogP contribution in [0.25, 0.3) is 0 Å². The summed E-state index contributed by atoms with van der Waals surface area (Å²) in [6, 6.07) is 0. The van der Waals surface area contributed by atoms with E-state index in [1.807, 2.05) is 6.92 Å². The minimum absolute atomic E-state index is 0.0446. The molecule has 3 N–H and O–H groups in total. The monoisotopic (exact) mass is 186 g/mol. The molecule has 0 aliphatic heterocycles. The molecule has 2 amide bonds. The van der Waals surface area contributed by atoms with Crippen LogP contribution < -0.4 is 11.1 Å². The van der Waals surface area contributed by atoms with Crippen molar-refractivity contribution in [3.05, 3.63) is 12.2 Å². The maximum absolute atomic E-state index is 10.7. The van der Waals surface area contributed by atoms with Crippen molar-refractivity contribution < 1.29 is 9.59 Å². The zero-order valence-electron chi connectivity index (χ0n) is 8.52. The molecule has 0 heterocycles. The van der Waals surface area contributed by atoms with E-state index in [4.69, 9.17) is 0 Å². The van der Waals surface area contributed by atoms with E-state index in [0.29, 0.717) is 5.57 Å². The summed E-state index contributed by atoms with van der Waals surface area (Å²) >= 11 is 0. The summed E-state index contributed by atoms with van der Waals surface area (Å²) < 4.78 is 0. The van der Waals surface area contributed by atoms with Gasteiger partial charge >= 0.3 is 0 Å². The highest BCUT2D eigenvalue weighted by molar-refractivity contribution is 5.91. The minimum Gasteiger partial charge on any atom is -0.370 e. The number of hydrogen-bond acceptors (Lipinski definition) is 2. The summed E-state index contributed by atoms with van der Waals surface area (Å²) in [7, 11) is 0. The Morgan fingerprint density at radius 2 is 1.77 bits per heavy atom. The van der Waals surface area contributed by atoms with Crippen LogP contribution in [0.4, 0.5) is 0 Å². The van der Waals surface area contributed by atoms with Crippen molar-refractivity contribution in [2.24, 2.45) is 5.73 Å². The van der Waals surface area contributed by atoms with Gasteiger partial charge in [-0.05, 0) is 13.3 Å². The van der Waals surface area contributed by atoms with Gasteiger partial charge in [-0.25, -0.2) is 0 Å². The van der Waals surface area contributed by atoms with E-state index >= 15 is 0 Å². The molecule has 0 atom stereocenters. The molecule has 0 spiro atoms. The van der Waals surface area contributed by atoms with Gasteiger partial charge in [-0.2, -0.15) is 0 Å². The molecule has 0 aromatic carbocycles. The van der Waals surface area contributed by atoms with Crippen LogP contribution in [0.3, 0.4) is 0 Å². The van der Waals surface area contributed by atoms with Crippen molar-refractivity contribution in [3.63, 3.8) is 0 Å². The number of primary amides is 1. The Morgan fingerprint density at radius 1 is 1.38 bits per heavy atom. The first-order valence-electron chi connectivity index (χ1n) is 4.11. The van der Waals surface area contributed by atoms with Gasteiger partial charge in [0.15, 0.2) is 0 Å². The summed E-state index contributed by atoms with van der Waals surface area (Å²) in [5.41, 5.74) is 5.04. The standard InChI is InChI=1S/C7H13NO.C2H5NO/c1-4-5-8-7(9)6(2)3;1-2(3)4/h2,4-5H2,1,3H3,(H,8,9);1H3,(H2,3,4). The molecule has 0 bridgehead atoms. The zero-order chi connectivity index (χ0) is 10.9. The van der Waals surface area contributed by atoms with Crippen molar-refractivity contribution in [3.8, 4) is 0 Å². The molecular formula is C9H18N2O2. The average molecular weight is 186 g/mol. The second kappa shape index (κ2) is 8.77. The quantitative estimate of drug-likeness (QED) is 0.633. The Balaban J connectivity index is 0. The first-order valence-corrected chi connectivity index (χ1v) is 4.11. The average Bonchev–Trinajstić information content (AvgIpc) is 1.98. The van der Waals surface area contributed by atoms with Crippen molar-refractivity contribution in [2.75, 3.05) is 6.54 Å². The third-order valence-corrected chi connectivity index (χ3v) is 0.923. The van der Waals surface area contributed by atoms with Crippen LogP contribution in [0.5, 0.6) is 0 Å². The molecule has 0 aromatic rings. The maximum atomic E-state index is 10.7. The SMILES string of the molecule is C=C(C)C(=O)NCCC.CC(N)=O. The van der Waals surface area contributed by atoms with E-state index in [2.05, 4.69) is 17.6 Å². The van der Waals surface area contributed by atoms with Gasteiger partial charge in [0.25, 0.3) is 0 Å². The number of carbonyl (C=O) groups excluding carboxylic acids is 2. The fourth-order valence-corrected chi connectivity index (χ4v) is 0.389. The molecule has 0 saturated heterocycles. The highest BCUT2D eigenvalue weighted by Gasteiger charge is 1.96. The van der Waals surface area contributed by atoms with Crippen molar-refractivity contribution in [1.82, 2.24) is 5.32 Å². The van der Waals surface area contributed by atoms with Crippen molar-refractivity contribution >= 4 is 11.8 Å². The van der Waals surface area contributed by atoms with E-state index in [0.717, 1.165) is 13.0 Å². The molecule has 0 aliphatic rings. The number of rotatable bonds is 3. The Kier molecular flexibility index (Phi) is 9.60. The van der Waals surface area contributed by atoms with Gasteiger partial charge in [-0.3, -0.25) is 9.59 Å². The lowest BCUT2D eigenvalue weighted by Crippen LogP contribution is -2.24. The van der Waals surface area contributed by atoms with Crippen LogP contribution >= 0.6 is 0 Å². The molecule has 76 valence electrons. The van der Waals surface area contributed by atoms with Crippen molar-refractivity contribution in [1.29, 1.82) is 0 Å². The molecular weight excluding hydrogens is 168 g/mol. The van der Waals surface area contributed by atoms with Gasteiger partial charge in [-0.1, -0.05) is 13.5 Å². The number of nitrogens with two attached hydrogens (primary N) is 1. The Bertz CT molecular complexity index is 184. The van der Waals surface area contributed by atoms with Crippen LogP contribution in [-0.4, -0.2) is 18.4 Å². The molecule has 0 rings (SSSR count). The number of nitrogens with one attached hydrogen (secondary N) is 1. The minimum atomic E-state index is -0.333. The lowest BCUT2D eigenvalue weighted by Gasteiger charge is -1.99. The summed E-state index contributed by atoms with van der Waals surface area (Å²) in [4.78, 5) is 19.9. The predicted molar refractivity (Wildman–Crippen MR) is 53.0 cm³/mol. The summed E-state index contributed by atoms with van der Waals surface area (Å²) in [6.07, 6.45) is 0.971. The second-order valence-corrected chi connectivity index (χ2v) is 2.65. The Labute approximate surface area is 79.2 Å². The topological polar surface area (TPSA) is 72.2 Å². The van der Waals surface area contributed by atoms with Gasteiger partial charge in [0.1, 0.15) is 0 Å². The number of hydrogen-bond donors (Lipinski definition) is 2. The molecule has 13 heavy (non-hydrogen) atoms. The van der Waals surface area contributed by atoms with Crippen molar-refractivity contribution in [2.45, 2.75) is 27.2 Å². The van der Waals surface area contributed by atoms with Crippen LogP contribution in [-0.2, 0) is 9.59 Å². The Morgan fingerprint density at radius 3 is 2.00 bits per heavy atom. The van der Waals surface area contributed by atoms with Gasteiger partial charge in [0, 0.05) is 19.0 Å². The number of carbonyl (C=O) groups is 2. The van der Waals surface area contributed by atoms with Crippen LogP contribution in [0, 0.1) is 0 Å².